The normalized spacial score (nSPS) is 11.8. The molecule has 47 heavy (non-hydrogen) atoms. The van der Waals surface area contributed by atoms with Gasteiger partial charge in [0.15, 0.2) is 0 Å². The van der Waals surface area contributed by atoms with Crippen molar-refractivity contribution in [1.82, 2.24) is 4.98 Å². The van der Waals surface area contributed by atoms with E-state index in [0.717, 1.165) is 5.52 Å². The van der Waals surface area contributed by atoms with Gasteiger partial charge in [-0.25, -0.2) is 0 Å². The summed E-state index contributed by atoms with van der Waals surface area (Å²) in [5.74, 6) is 0. The number of rotatable bonds is 3. The van der Waals surface area contributed by atoms with Gasteiger partial charge in [0.1, 0.15) is 0 Å². The van der Waals surface area contributed by atoms with E-state index in [9.17, 15) is 0 Å². The molecule has 0 spiro atoms. The lowest BCUT2D eigenvalue weighted by Gasteiger charge is -2.20. The van der Waals surface area contributed by atoms with Gasteiger partial charge < -0.3 is 4.98 Å². The van der Waals surface area contributed by atoms with Crippen molar-refractivity contribution in [3.63, 3.8) is 0 Å². The Bertz CT molecular complexity index is 2800. The van der Waals surface area contributed by atoms with Crippen molar-refractivity contribution < 1.29 is 0 Å². The van der Waals surface area contributed by atoms with Gasteiger partial charge in [-0.2, -0.15) is 0 Å². The summed E-state index contributed by atoms with van der Waals surface area (Å²) in [6.07, 6.45) is 0. The van der Waals surface area contributed by atoms with E-state index in [1.54, 1.807) is 0 Å². The maximum atomic E-state index is 3.85. The number of fused-ring (bicyclic) bond motifs is 7. The Morgan fingerprint density at radius 2 is 0.830 bits per heavy atom. The molecular weight excluding hydrogens is 567 g/mol. The van der Waals surface area contributed by atoms with Crippen molar-refractivity contribution >= 4 is 64.9 Å². The monoisotopic (exact) mass is 595 g/mol. The summed E-state index contributed by atoms with van der Waals surface area (Å²) in [6.45, 7) is 0. The average molecular weight is 596 g/mol. The molecule has 1 N–H and O–H groups in total. The lowest BCUT2D eigenvalue weighted by Crippen LogP contribution is -1.93. The number of aromatic amines is 1. The molecule has 0 radical (unpaired) electrons. The van der Waals surface area contributed by atoms with Gasteiger partial charge in [0, 0.05) is 27.4 Å². The first-order valence-electron chi connectivity index (χ1n) is 16.3. The maximum Gasteiger partial charge on any atom is 0.0551 e. The molecule has 10 aromatic rings. The second-order valence-corrected chi connectivity index (χ2v) is 12.5. The Morgan fingerprint density at radius 3 is 1.57 bits per heavy atom. The topological polar surface area (TPSA) is 15.8 Å². The molecule has 10 rings (SSSR count). The first kappa shape index (κ1) is 26.1. The average Bonchev–Trinajstić information content (AvgIpc) is 3.51. The van der Waals surface area contributed by atoms with Crippen LogP contribution in [0.5, 0.6) is 0 Å². The summed E-state index contributed by atoms with van der Waals surface area (Å²) in [7, 11) is 0. The molecule has 218 valence electrons. The summed E-state index contributed by atoms with van der Waals surface area (Å²) in [4.78, 5) is 3.85. The molecule has 1 nitrogen and oxygen atoms in total. The third kappa shape index (κ3) is 3.97. The van der Waals surface area contributed by atoms with Crippen molar-refractivity contribution in [3.05, 3.63) is 170 Å². The van der Waals surface area contributed by atoms with Crippen LogP contribution in [-0.4, -0.2) is 4.98 Å². The smallest absolute Gasteiger partial charge is 0.0551 e. The van der Waals surface area contributed by atoms with E-state index >= 15 is 0 Å². The molecule has 9 aromatic carbocycles. The minimum absolute atomic E-state index is 1.16. The van der Waals surface area contributed by atoms with Crippen LogP contribution in [0.3, 0.4) is 0 Å². The Balaban J connectivity index is 1.31. The highest BCUT2D eigenvalue weighted by molar-refractivity contribution is 6.29. The molecule has 0 bridgehead atoms. The van der Waals surface area contributed by atoms with E-state index < -0.39 is 0 Å². The molecule has 0 aliphatic rings. The van der Waals surface area contributed by atoms with E-state index in [1.165, 1.54) is 92.8 Å². The van der Waals surface area contributed by atoms with Crippen LogP contribution in [0.15, 0.2) is 170 Å². The quantitative estimate of drug-likeness (QED) is 0.196. The zero-order chi connectivity index (χ0) is 30.9. The van der Waals surface area contributed by atoms with E-state index in [1.807, 2.05) is 0 Å². The molecule has 0 fully saturated rings. The van der Waals surface area contributed by atoms with Crippen LogP contribution in [-0.2, 0) is 0 Å². The fraction of sp³-hybridized carbons (Fsp3) is 0. The van der Waals surface area contributed by atoms with Crippen LogP contribution in [0.25, 0.3) is 98.3 Å². The third-order valence-electron chi connectivity index (χ3n) is 9.94. The van der Waals surface area contributed by atoms with E-state index in [0.29, 0.717) is 0 Å². The largest absolute Gasteiger partial charge is 0.354 e. The molecule has 0 saturated carbocycles. The first-order chi connectivity index (χ1) is 23.3. The second kappa shape index (κ2) is 10.2. The van der Waals surface area contributed by atoms with Gasteiger partial charge in [0.2, 0.25) is 0 Å². The zero-order valence-electron chi connectivity index (χ0n) is 25.7. The van der Waals surface area contributed by atoms with Gasteiger partial charge in [-0.15, -0.1) is 0 Å². The van der Waals surface area contributed by atoms with Crippen molar-refractivity contribution in [1.29, 1.82) is 0 Å². The van der Waals surface area contributed by atoms with Gasteiger partial charge in [-0.05, 0) is 89.6 Å². The molecule has 1 heterocycles. The second-order valence-electron chi connectivity index (χ2n) is 12.5. The fourth-order valence-corrected chi connectivity index (χ4v) is 7.84. The maximum absolute atomic E-state index is 3.85. The van der Waals surface area contributed by atoms with Crippen molar-refractivity contribution in [2.45, 2.75) is 0 Å². The van der Waals surface area contributed by atoms with E-state index in [4.69, 9.17) is 0 Å². The number of aromatic nitrogens is 1. The first-order valence-corrected chi connectivity index (χ1v) is 16.3. The van der Waals surface area contributed by atoms with Crippen LogP contribution in [0.4, 0.5) is 0 Å². The van der Waals surface area contributed by atoms with E-state index in [-0.39, 0.29) is 0 Å². The highest BCUT2D eigenvalue weighted by atomic mass is 14.7. The predicted molar refractivity (Wildman–Crippen MR) is 202 cm³/mol. The van der Waals surface area contributed by atoms with Crippen LogP contribution in [0.2, 0.25) is 0 Å². The molecule has 0 amide bonds. The Labute approximate surface area is 272 Å². The lowest BCUT2D eigenvalue weighted by molar-refractivity contribution is 1.55. The number of nitrogens with one attached hydrogen (secondary N) is 1. The van der Waals surface area contributed by atoms with Crippen LogP contribution >= 0.6 is 0 Å². The SMILES string of the molecule is c1cc(-c2ccc3ccccc3c2)cc(-c2c3ccccc3c(-c3c4ccccc4cc4c3[nH]c3ccccc34)c3ccccc23)c1. The van der Waals surface area contributed by atoms with Gasteiger partial charge >= 0.3 is 0 Å². The summed E-state index contributed by atoms with van der Waals surface area (Å²) in [6, 6.07) is 62.2. The third-order valence-corrected chi connectivity index (χ3v) is 9.94. The molecular formula is C46H29N. The standard InChI is InChI=1S/C46H29N/c1-2-13-30-26-32(25-24-29(30)12-1)31-15-11-16-34(27-31)43-37-19-5-7-21-39(37)44(40-22-8-6-20-38(40)43)45-35-17-4-3-14-33(35)28-41-36-18-9-10-23-42(36)47-46(41)45/h1-28,47H. The van der Waals surface area contributed by atoms with Crippen LogP contribution < -0.4 is 0 Å². The summed E-state index contributed by atoms with van der Waals surface area (Å²) in [5, 5.41) is 12.6. The van der Waals surface area contributed by atoms with Crippen molar-refractivity contribution in [2.24, 2.45) is 0 Å². The Hall–Kier alpha value is -6.18. The number of hydrogen-bond acceptors (Lipinski definition) is 0. The molecule has 0 saturated heterocycles. The predicted octanol–water partition coefficient (Wildman–Crippen LogP) is 12.9. The molecule has 0 aliphatic heterocycles. The van der Waals surface area contributed by atoms with Gasteiger partial charge in [-0.1, -0.05) is 146 Å². The van der Waals surface area contributed by atoms with Gasteiger partial charge in [0.05, 0.1) is 5.52 Å². The molecule has 1 heteroatoms. The zero-order valence-corrected chi connectivity index (χ0v) is 25.7. The van der Waals surface area contributed by atoms with Crippen molar-refractivity contribution in [3.8, 4) is 33.4 Å². The summed E-state index contributed by atoms with van der Waals surface area (Å²) in [5.41, 5.74) is 9.84. The number of benzene rings is 9. The van der Waals surface area contributed by atoms with E-state index in [2.05, 4.69) is 175 Å². The highest BCUT2D eigenvalue weighted by Crippen LogP contribution is 2.48. The number of hydrogen-bond donors (Lipinski definition) is 1. The van der Waals surface area contributed by atoms with Gasteiger partial charge in [0.25, 0.3) is 0 Å². The Morgan fingerprint density at radius 1 is 0.277 bits per heavy atom. The minimum atomic E-state index is 1.16. The van der Waals surface area contributed by atoms with Crippen LogP contribution in [0.1, 0.15) is 0 Å². The lowest BCUT2D eigenvalue weighted by atomic mass is 9.83. The highest BCUT2D eigenvalue weighted by Gasteiger charge is 2.21. The van der Waals surface area contributed by atoms with Gasteiger partial charge in [-0.3, -0.25) is 0 Å². The summed E-state index contributed by atoms with van der Waals surface area (Å²) < 4.78 is 0. The van der Waals surface area contributed by atoms with Crippen molar-refractivity contribution in [2.75, 3.05) is 0 Å². The fourth-order valence-electron chi connectivity index (χ4n) is 7.84. The summed E-state index contributed by atoms with van der Waals surface area (Å²) >= 11 is 0. The molecule has 0 atom stereocenters. The molecule has 0 unspecified atom stereocenters. The number of para-hydroxylation sites is 1. The van der Waals surface area contributed by atoms with Crippen LogP contribution in [0, 0.1) is 0 Å². The molecule has 1 aromatic heterocycles. The minimum Gasteiger partial charge on any atom is -0.354 e. The molecule has 0 aliphatic carbocycles. The number of H-pyrrole nitrogens is 1. The Kier molecular flexibility index (Phi) is 5.64.